The minimum atomic E-state index is -0.212. The quantitative estimate of drug-likeness (QED) is 0.650. The Morgan fingerprint density at radius 2 is 2.33 bits per heavy atom. The fourth-order valence-electron chi connectivity index (χ4n) is 0.950. The van der Waals surface area contributed by atoms with Crippen molar-refractivity contribution in [2.75, 3.05) is 0 Å². The normalized spacial score (nSPS) is 11.5. The highest BCUT2D eigenvalue weighted by Gasteiger charge is 2.10. The third-order valence-corrected chi connectivity index (χ3v) is 1.55. The molecule has 1 heterocycles. The average molecular weight is 161 g/mol. The number of H-pyrrole nitrogens is 1. The van der Waals surface area contributed by atoms with Crippen LogP contribution in [0.1, 0.15) is 6.42 Å². The van der Waals surface area contributed by atoms with Gasteiger partial charge in [0.05, 0.1) is 24.5 Å². The second kappa shape index (κ2) is 4.15. The second-order valence-corrected chi connectivity index (χ2v) is 2.50. The number of hydrogen-bond donors (Lipinski definition) is 1. The van der Waals surface area contributed by atoms with Gasteiger partial charge in [-0.1, -0.05) is 0 Å². The van der Waals surface area contributed by atoms with E-state index in [9.17, 15) is 0 Å². The molecular weight excluding hydrogens is 152 g/mol. The van der Waals surface area contributed by atoms with Crippen molar-refractivity contribution < 1.29 is 4.57 Å². The standard InChI is InChI=1S/C8H8N4/c9-2-1-8(5-10)6-12-4-3-11-7-12/h3-4,7-8H,1,6H2/p+1. The Balaban J connectivity index is 2.51. The molecule has 0 radical (unpaired) electrons. The van der Waals surface area contributed by atoms with E-state index in [-0.39, 0.29) is 12.3 Å². The lowest BCUT2D eigenvalue weighted by Crippen LogP contribution is -2.34. The van der Waals surface area contributed by atoms with Gasteiger partial charge >= 0.3 is 0 Å². The van der Waals surface area contributed by atoms with E-state index >= 15 is 0 Å². The Bertz CT molecular complexity index is 301. The molecule has 1 atom stereocenters. The highest BCUT2D eigenvalue weighted by molar-refractivity contribution is 4.87. The summed E-state index contributed by atoms with van der Waals surface area (Å²) in [6, 6.07) is 4.07. The van der Waals surface area contributed by atoms with Crippen molar-refractivity contribution in [2.45, 2.75) is 13.0 Å². The van der Waals surface area contributed by atoms with Crippen LogP contribution < -0.4 is 4.57 Å². The fraction of sp³-hybridized carbons (Fsp3) is 0.375. The highest BCUT2D eigenvalue weighted by atomic mass is 15.0. The molecule has 4 nitrogen and oxygen atoms in total. The maximum Gasteiger partial charge on any atom is 0.241 e. The summed E-state index contributed by atoms with van der Waals surface area (Å²) in [7, 11) is 0. The molecule has 4 heteroatoms. The minimum Gasteiger partial charge on any atom is -0.250 e. The number of hydrogen-bond acceptors (Lipinski definition) is 2. The molecule has 60 valence electrons. The van der Waals surface area contributed by atoms with Crippen LogP contribution in [0, 0.1) is 28.6 Å². The van der Waals surface area contributed by atoms with Crippen molar-refractivity contribution in [3.63, 3.8) is 0 Å². The first kappa shape index (κ1) is 8.29. The van der Waals surface area contributed by atoms with Gasteiger partial charge in [0, 0.05) is 0 Å². The summed E-state index contributed by atoms with van der Waals surface area (Å²) >= 11 is 0. The Hall–Kier alpha value is -1.81. The van der Waals surface area contributed by atoms with E-state index in [2.05, 4.69) is 11.1 Å². The fourth-order valence-corrected chi connectivity index (χ4v) is 0.950. The van der Waals surface area contributed by atoms with Gasteiger partial charge in [-0.15, -0.1) is 0 Å². The summed E-state index contributed by atoms with van der Waals surface area (Å²) in [6.45, 7) is 0.577. The third-order valence-electron chi connectivity index (χ3n) is 1.55. The van der Waals surface area contributed by atoms with Crippen molar-refractivity contribution in [1.29, 1.82) is 10.5 Å². The smallest absolute Gasteiger partial charge is 0.241 e. The number of aromatic nitrogens is 2. The van der Waals surface area contributed by atoms with Crippen LogP contribution in [0.4, 0.5) is 0 Å². The van der Waals surface area contributed by atoms with E-state index in [1.807, 2.05) is 16.8 Å². The van der Waals surface area contributed by atoms with E-state index in [1.165, 1.54) is 0 Å². The first-order chi connectivity index (χ1) is 5.86. The maximum atomic E-state index is 8.63. The number of rotatable bonds is 3. The van der Waals surface area contributed by atoms with Crippen LogP contribution in [-0.4, -0.2) is 4.98 Å². The topological polar surface area (TPSA) is 67.2 Å². The molecule has 0 saturated carbocycles. The third kappa shape index (κ3) is 2.10. The highest BCUT2D eigenvalue weighted by Crippen LogP contribution is 1.98. The van der Waals surface area contributed by atoms with E-state index in [0.717, 1.165) is 0 Å². The predicted molar refractivity (Wildman–Crippen MR) is 40.3 cm³/mol. The van der Waals surface area contributed by atoms with Crippen LogP contribution in [0.3, 0.4) is 0 Å². The van der Waals surface area contributed by atoms with E-state index < -0.39 is 0 Å². The summed E-state index contributed by atoms with van der Waals surface area (Å²) in [6.07, 6.45) is 5.67. The molecule has 1 N–H and O–H groups in total. The molecule has 0 aromatic carbocycles. The van der Waals surface area contributed by atoms with Crippen LogP contribution in [-0.2, 0) is 6.54 Å². The molecule has 0 fully saturated rings. The Kier molecular flexibility index (Phi) is 2.87. The summed E-state index contributed by atoms with van der Waals surface area (Å²) in [5.41, 5.74) is 0. The molecule has 1 unspecified atom stereocenters. The van der Waals surface area contributed by atoms with E-state index in [1.54, 1.807) is 12.5 Å². The monoisotopic (exact) mass is 161 g/mol. The summed E-state index contributed by atoms with van der Waals surface area (Å²) in [5, 5.41) is 17.0. The molecule has 0 aliphatic rings. The van der Waals surface area contributed by atoms with Crippen LogP contribution in [0.2, 0.25) is 0 Å². The number of imidazole rings is 1. The summed E-state index contributed by atoms with van der Waals surface area (Å²) < 4.78 is 1.85. The van der Waals surface area contributed by atoms with Gasteiger partial charge in [0.25, 0.3) is 0 Å². The van der Waals surface area contributed by atoms with Crippen LogP contribution >= 0.6 is 0 Å². The molecule has 1 rings (SSSR count). The van der Waals surface area contributed by atoms with Crippen LogP contribution in [0.25, 0.3) is 0 Å². The molecule has 0 aliphatic heterocycles. The summed E-state index contributed by atoms with van der Waals surface area (Å²) in [4.78, 5) is 2.87. The number of nitriles is 2. The minimum absolute atomic E-state index is 0.212. The van der Waals surface area contributed by atoms with Crippen molar-refractivity contribution >= 4 is 0 Å². The molecule has 0 bridgehead atoms. The molecule has 0 saturated heterocycles. The lowest BCUT2D eigenvalue weighted by molar-refractivity contribution is -0.700. The first-order valence-electron chi connectivity index (χ1n) is 3.65. The van der Waals surface area contributed by atoms with Gasteiger partial charge in [0.1, 0.15) is 18.9 Å². The second-order valence-electron chi connectivity index (χ2n) is 2.50. The van der Waals surface area contributed by atoms with E-state index in [4.69, 9.17) is 10.5 Å². The lowest BCUT2D eigenvalue weighted by atomic mass is 10.1. The van der Waals surface area contributed by atoms with Crippen molar-refractivity contribution in [3.8, 4) is 12.1 Å². The SMILES string of the molecule is N#CCC(C#N)C[n+]1cc[nH]c1. The van der Waals surface area contributed by atoms with Crippen molar-refractivity contribution in [1.82, 2.24) is 4.98 Å². The van der Waals surface area contributed by atoms with Gasteiger partial charge in [-0.3, -0.25) is 4.98 Å². The lowest BCUT2D eigenvalue weighted by Gasteiger charge is -1.98. The van der Waals surface area contributed by atoms with Crippen molar-refractivity contribution in [3.05, 3.63) is 18.7 Å². The zero-order valence-electron chi connectivity index (χ0n) is 6.57. The number of nitrogens with one attached hydrogen (secondary N) is 1. The van der Waals surface area contributed by atoms with E-state index in [0.29, 0.717) is 6.54 Å². The molecule has 0 aliphatic carbocycles. The largest absolute Gasteiger partial charge is 0.250 e. The average Bonchev–Trinajstić information content (AvgIpc) is 2.56. The Morgan fingerprint density at radius 3 is 2.83 bits per heavy atom. The number of nitrogens with zero attached hydrogens (tertiary/aromatic N) is 3. The van der Waals surface area contributed by atoms with Gasteiger partial charge in [0.2, 0.25) is 6.33 Å². The Morgan fingerprint density at radius 1 is 1.50 bits per heavy atom. The van der Waals surface area contributed by atoms with Gasteiger partial charge < -0.3 is 0 Å². The van der Waals surface area contributed by atoms with Gasteiger partial charge in [-0.2, -0.15) is 10.5 Å². The Labute approximate surface area is 70.7 Å². The molecule has 0 amide bonds. The van der Waals surface area contributed by atoms with Gasteiger partial charge in [-0.25, -0.2) is 4.57 Å². The maximum absolute atomic E-state index is 8.63. The van der Waals surface area contributed by atoms with Crippen LogP contribution in [0.5, 0.6) is 0 Å². The zero-order valence-corrected chi connectivity index (χ0v) is 6.57. The number of aromatic amines is 1. The molecular formula is C8H9N4+. The van der Waals surface area contributed by atoms with Crippen molar-refractivity contribution in [2.24, 2.45) is 5.92 Å². The molecule has 0 spiro atoms. The molecule has 12 heavy (non-hydrogen) atoms. The molecule has 1 aromatic rings. The van der Waals surface area contributed by atoms with Crippen LogP contribution in [0.15, 0.2) is 18.7 Å². The predicted octanol–water partition coefficient (Wildman–Crippen LogP) is 0.356. The van der Waals surface area contributed by atoms with Gasteiger partial charge in [0.15, 0.2) is 0 Å². The molecule has 1 aromatic heterocycles. The first-order valence-corrected chi connectivity index (χ1v) is 3.65. The summed E-state index contributed by atoms with van der Waals surface area (Å²) in [5.74, 6) is -0.212. The zero-order chi connectivity index (χ0) is 8.81. The van der Waals surface area contributed by atoms with Gasteiger partial charge in [-0.05, 0) is 0 Å².